The predicted molar refractivity (Wildman–Crippen MR) is 111 cm³/mol. The molecule has 0 bridgehead atoms. The number of amides is 3. The van der Waals surface area contributed by atoms with Crippen LogP contribution in [0.25, 0.3) is 0 Å². The average Bonchev–Trinajstić information content (AvgIpc) is 2.93. The molecule has 172 valence electrons. The van der Waals surface area contributed by atoms with Crippen LogP contribution in [0, 0.1) is 0 Å². The van der Waals surface area contributed by atoms with E-state index in [-0.39, 0.29) is 18.5 Å². The largest absolute Gasteiger partial charge is 0.416 e. The van der Waals surface area contributed by atoms with Crippen molar-refractivity contribution >= 4 is 11.9 Å². The number of benzene rings is 1. The van der Waals surface area contributed by atoms with Crippen molar-refractivity contribution in [3.05, 3.63) is 35.4 Å². The standard InChI is InChI=1S/C22H31F3N4O2/c23-22(24,25)18-9-7-17(8-10-18)15-28-11-4-12-29(14-13-28)16-20(30)27-21(31)26-19-5-2-1-3-6-19/h7-10,19H,1-6,11-16H2,(H2,26,27,30,31). The molecule has 2 N–H and O–H groups in total. The molecular formula is C22H31F3N4O2. The van der Waals surface area contributed by atoms with E-state index in [2.05, 4.69) is 15.5 Å². The Labute approximate surface area is 181 Å². The van der Waals surface area contributed by atoms with E-state index >= 15 is 0 Å². The van der Waals surface area contributed by atoms with Gasteiger partial charge in [0.05, 0.1) is 12.1 Å². The van der Waals surface area contributed by atoms with Crippen molar-refractivity contribution < 1.29 is 22.8 Å². The van der Waals surface area contributed by atoms with Gasteiger partial charge >= 0.3 is 12.2 Å². The van der Waals surface area contributed by atoms with E-state index in [9.17, 15) is 22.8 Å². The summed E-state index contributed by atoms with van der Waals surface area (Å²) in [6, 6.07) is 4.99. The molecule has 0 atom stereocenters. The Balaban J connectivity index is 1.40. The molecule has 1 heterocycles. The molecule has 0 radical (unpaired) electrons. The number of nitrogens with one attached hydrogen (secondary N) is 2. The van der Waals surface area contributed by atoms with E-state index in [1.54, 1.807) is 0 Å². The van der Waals surface area contributed by atoms with E-state index in [0.717, 1.165) is 62.9 Å². The molecule has 9 heteroatoms. The van der Waals surface area contributed by atoms with Crippen LogP contribution in [-0.4, -0.2) is 60.5 Å². The number of hydrogen-bond donors (Lipinski definition) is 2. The van der Waals surface area contributed by atoms with Gasteiger partial charge in [0, 0.05) is 25.7 Å². The van der Waals surface area contributed by atoms with Crippen molar-refractivity contribution in [3.63, 3.8) is 0 Å². The van der Waals surface area contributed by atoms with Crippen molar-refractivity contribution in [3.8, 4) is 0 Å². The Morgan fingerprint density at radius 1 is 0.903 bits per heavy atom. The fraction of sp³-hybridized carbons (Fsp3) is 0.636. The maximum Gasteiger partial charge on any atom is 0.416 e. The number of halogens is 3. The normalized spacial score (nSPS) is 19.6. The number of alkyl halides is 3. The second-order valence-electron chi connectivity index (χ2n) is 8.46. The van der Waals surface area contributed by atoms with Gasteiger partial charge in [-0.3, -0.25) is 19.9 Å². The topological polar surface area (TPSA) is 64.7 Å². The third-order valence-electron chi connectivity index (χ3n) is 5.93. The van der Waals surface area contributed by atoms with Crippen LogP contribution in [-0.2, 0) is 17.5 Å². The van der Waals surface area contributed by atoms with Gasteiger partial charge in [-0.15, -0.1) is 0 Å². The second-order valence-corrected chi connectivity index (χ2v) is 8.46. The third-order valence-corrected chi connectivity index (χ3v) is 5.93. The molecule has 6 nitrogen and oxygen atoms in total. The van der Waals surface area contributed by atoms with Gasteiger partial charge in [-0.1, -0.05) is 31.4 Å². The van der Waals surface area contributed by atoms with Gasteiger partial charge in [-0.25, -0.2) is 4.79 Å². The molecule has 1 aromatic rings. The van der Waals surface area contributed by atoms with Gasteiger partial charge in [0.2, 0.25) is 5.91 Å². The quantitative estimate of drug-likeness (QED) is 0.737. The molecule has 2 fully saturated rings. The SMILES string of the molecule is O=C(CN1CCCN(Cc2ccc(C(F)(F)F)cc2)CC1)NC(=O)NC1CCCCC1. The highest BCUT2D eigenvalue weighted by atomic mass is 19.4. The van der Waals surface area contributed by atoms with E-state index in [1.165, 1.54) is 18.6 Å². The summed E-state index contributed by atoms with van der Waals surface area (Å²) in [5.74, 6) is -0.315. The Morgan fingerprint density at radius 3 is 2.23 bits per heavy atom. The first-order chi connectivity index (χ1) is 14.8. The van der Waals surface area contributed by atoms with Crippen LogP contribution in [0.5, 0.6) is 0 Å². The summed E-state index contributed by atoms with van der Waals surface area (Å²) in [4.78, 5) is 28.5. The molecular weight excluding hydrogens is 409 g/mol. The zero-order valence-electron chi connectivity index (χ0n) is 17.7. The summed E-state index contributed by atoms with van der Waals surface area (Å²) in [7, 11) is 0. The highest BCUT2D eigenvalue weighted by molar-refractivity contribution is 5.95. The van der Waals surface area contributed by atoms with Crippen molar-refractivity contribution in [1.82, 2.24) is 20.4 Å². The highest BCUT2D eigenvalue weighted by Crippen LogP contribution is 2.29. The lowest BCUT2D eigenvalue weighted by Crippen LogP contribution is -2.48. The van der Waals surface area contributed by atoms with Gasteiger partial charge in [0.1, 0.15) is 0 Å². The Morgan fingerprint density at radius 2 is 1.55 bits per heavy atom. The first-order valence-electron chi connectivity index (χ1n) is 11.0. The number of hydrogen-bond acceptors (Lipinski definition) is 4. The van der Waals surface area contributed by atoms with Crippen LogP contribution in [0.4, 0.5) is 18.0 Å². The molecule has 1 aliphatic carbocycles. The molecule has 31 heavy (non-hydrogen) atoms. The van der Waals surface area contributed by atoms with Gasteiger partial charge in [0.25, 0.3) is 0 Å². The first kappa shape index (κ1) is 23.5. The number of nitrogens with zero attached hydrogens (tertiary/aromatic N) is 2. The van der Waals surface area contributed by atoms with E-state index in [0.29, 0.717) is 19.6 Å². The van der Waals surface area contributed by atoms with E-state index < -0.39 is 17.8 Å². The molecule has 1 aromatic carbocycles. The molecule has 1 saturated heterocycles. The molecule has 2 aliphatic rings. The molecule has 1 saturated carbocycles. The summed E-state index contributed by atoms with van der Waals surface area (Å²) in [5.41, 5.74) is 0.190. The number of carbonyl (C=O) groups is 2. The zero-order chi connectivity index (χ0) is 22.3. The molecule has 0 unspecified atom stereocenters. The van der Waals surface area contributed by atoms with Crippen molar-refractivity contribution in [2.24, 2.45) is 0 Å². The molecule has 0 aromatic heterocycles. The minimum atomic E-state index is -4.32. The maximum absolute atomic E-state index is 12.7. The lowest BCUT2D eigenvalue weighted by molar-refractivity contribution is -0.137. The fourth-order valence-corrected chi connectivity index (χ4v) is 4.24. The van der Waals surface area contributed by atoms with Crippen LogP contribution >= 0.6 is 0 Å². The summed E-state index contributed by atoms with van der Waals surface area (Å²) in [6.07, 6.45) is 1.86. The highest BCUT2D eigenvalue weighted by Gasteiger charge is 2.30. The summed E-state index contributed by atoms with van der Waals surface area (Å²) < 4.78 is 38.1. The van der Waals surface area contributed by atoms with Gasteiger partial charge < -0.3 is 5.32 Å². The summed E-state index contributed by atoms with van der Waals surface area (Å²) in [5, 5.41) is 5.31. The fourth-order valence-electron chi connectivity index (χ4n) is 4.24. The minimum absolute atomic E-state index is 0.151. The van der Waals surface area contributed by atoms with Crippen molar-refractivity contribution in [2.75, 3.05) is 32.7 Å². The third kappa shape index (κ3) is 7.81. The first-order valence-corrected chi connectivity index (χ1v) is 11.0. The van der Waals surface area contributed by atoms with E-state index in [1.807, 2.05) is 4.90 Å². The number of rotatable bonds is 5. The Kier molecular flexibility index (Phi) is 8.31. The number of imide groups is 1. The monoisotopic (exact) mass is 440 g/mol. The van der Waals surface area contributed by atoms with Crippen molar-refractivity contribution in [1.29, 1.82) is 0 Å². The molecule has 0 spiro atoms. The van der Waals surface area contributed by atoms with Crippen LogP contribution in [0.15, 0.2) is 24.3 Å². The zero-order valence-corrected chi connectivity index (χ0v) is 17.7. The summed E-state index contributed by atoms with van der Waals surface area (Å²) >= 11 is 0. The average molecular weight is 441 g/mol. The maximum atomic E-state index is 12.7. The van der Waals surface area contributed by atoms with Crippen LogP contribution in [0.1, 0.15) is 49.7 Å². The van der Waals surface area contributed by atoms with Crippen LogP contribution in [0.3, 0.4) is 0 Å². The lowest BCUT2D eigenvalue weighted by atomic mass is 9.96. The van der Waals surface area contributed by atoms with Crippen LogP contribution < -0.4 is 10.6 Å². The van der Waals surface area contributed by atoms with Gasteiger partial charge in [-0.05, 0) is 50.0 Å². The van der Waals surface area contributed by atoms with Crippen molar-refractivity contribution in [2.45, 2.75) is 57.3 Å². The smallest absolute Gasteiger partial charge is 0.335 e. The molecule has 1 aliphatic heterocycles. The van der Waals surface area contributed by atoms with Crippen LogP contribution in [0.2, 0.25) is 0 Å². The van der Waals surface area contributed by atoms with Gasteiger partial charge in [0.15, 0.2) is 0 Å². The summed E-state index contributed by atoms with van der Waals surface area (Å²) in [6.45, 7) is 3.65. The number of urea groups is 1. The Bertz CT molecular complexity index is 733. The van der Waals surface area contributed by atoms with E-state index in [4.69, 9.17) is 0 Å². The lowest BCUT2D eigenvalue weighted by Gasteiger charge is -2.23. The molecule has 3 rings (SSSR count). The minimum Gasteiger partial charge on any atom is -0.335 e. The predicted octanol–water partition coefficient (Wildman–Crippen LogP) is 3.37. The number of carbonyl (C=O) groups excluding carboxylic acids is 2. The second kappa shape index (κ2) is 10.9. The Hall–Kier alpha value is -2.13. The molecule has 3 amide bonds. The van der Waals surface area contributed by atoms with Gasteiger partial charge in [-0.2, -0.15) is 13.2 Å².